The summed E-state index contributed by atoms with van der Waals surface area (Å²) in [5.74, 6) is -2.04. The highest BCUT2D eigenvalue weighted by atomic mass is 16.5. The highest BCUT2D eigenvalue weighted by Gasteiger charge is 2.16. The van der Waals surface area contributed by atoms with Gasteiger partial charge >= 0.3 is 11.9 Å². The lowest BCUT2D eigenvalue weighted by Crippen LogP contribution is -2.11. The minimum absolute atomic E-state index is 0.0619. The van der Waals surface area contributed by atoms with Crippen LogP contribution in [0.3, 0.4) is 0 Å². The summed E-state index contributed by atoms with van der Waals surface area (Å²) in [6.45, 7) is -1.19. The second kappa shape index (κ2) is 5.82. The average molecular weight is 257 g/mol. The van der Waals surface area contributed by atoms with E-state index in [1.165, 1.54) is 18.2 Å². The Morgan fingerprint density at radius 1 is 1.00 bits per heavy atom. The molecule has 0 fully saturated rings. The molecule has 96 valence electrons. The standard InChI is InChI=1S/C15H12O4/c16-14(17)12-8-4-5-9-13(12)15(18)19-10-11-6-2-1-3-7-11/h1-9H,10H2,(H,16,17)/i10D/t10-/m1/s1. The van der Waals surface area contributed by atoms with Gasteiger partial charge in [-0.1, -0.05) is 42.5 Å². The first-order valence-electron chi connectivity index (χ1n) is 6.18. The Hall–Kier alpha value is -2.62. The van der Waals surface area contributed by atoms with Crippen LogP contribution in [-0.2, 0) is 11.3 Å². The van der Waals surface area contributed by atoms with E-state index in [0.29, 0.717) is 5.56 Å². The van der Waals surface area contributed by atoms with E-state index < -0.39 is 18.5 Å². The third-order valence-corrected chi connectivity index (χ3v) is 2.48. The molecule has 0 aliphatic carbocycles. The number of rotatable bonds is 4. The topological polar surface area (TPSA) is 63.6 Å². The zero-order valence-corrected chi connectivity index (χ0v) is 9.95. The van der Waals surface area contributed by atoms with Crippen LogP contribution >= 0.6 is 0 Å². The van der Waals surface area contributed by atoms with Crippen molar-refractivity contribution in [1.82, 2.24) is 0 Å². The zero-order chi connectivity index (χ0) is 14.5. The van der Waals surface area contributed by atoms with Crippen LogP contribution in [-0.4, -0.2) is 17.0 Å². The van der Waals surface area contributed by atoms with Crippen molar-refractivity contribution in [3.8, 4) is 0 Å². The van der Waals surface area contributed by atoms with Gasteiger partial charge < -0.3 is 9.84 Å². The monoisotopic (exact) mass is 257 g/mol. The Balaban J connectivity index is 2.19. The van der Waals surface area contributed by atoms with Crippen LogP contribution in [0.4, 0.5) is 0 Å². The van der Waals surface area contributed by atoms with Crippen LogP contribution in [0.5, 0.6) is 0 Å². The maximum atomic E-state index is 11.9. The van der Waals surface area contributed by atoms with Crippen LogP contribution in [0.25, 0.3) is 0 Å². The van der Waals surface area contributed by atoms with Gasteiger partial charge in [-0.3, -0.25) is 0 Å². The smallest absolute Gasteiger partial charge is 0.339 e. The van der Waals surface area contributed by atoms with Gasteiger partial charge in [0.15, 0.2) is 0 Å². The molecule has 2 rings (SSSR count). The summed E-state index contributed by atoms with van der Waals surface area (Å²) in [6, 6.07) is 14.3. The molecule has 0 spiro atoms. The van der Waals surface area contributed by atoms with E-state index in [4.69, 9.17) is 11.2 Å². The zero-order valence-electron chi connectivity index (χ0n) is 10.9. The number of carbonyl (C=O) groups is 2. The number of benzene rings is 2. The van der Waals surface area contributed by atoms with E-state index in [-0.39, 0.29) is 11.1 Å². The third kappa shape index (κ3) is 3.19. The molecular formula is C15H12O4. The largest absolute Gasteiger partial charge is 0.478 e. The van der Waals surface area contributed by atoms with Gasteiger partial charge in [0.25, 0.3) is 0 Å². The van der Waals surface area contributed by atoms with Crippen LogP contribution in [0.1, 0.15) is 27.7 Å². The van der Waals surface area contributed by atoms with Crippen LogP contribution < -0.4 is 0 Å². The molecule has 0 saturated heterocycles. The van der Waals surface area contributed by atoms with Gasteiger partial charge in [-0.15, -0.1) is 0 Å². The molecule has 0 unspecified atom stereocenters. The second-order valence-corrected chi connectivity index (χ2v) is 3.78. The summed E-state index contributed by atoms with van der Waals surface area (Å²) in [4.78, 5) is 23.0. The highest BCUT2D eigenvalue weighted by molar-refractivity contribution is 6.02. The van der Waals surface area contributed by atoms with Crippen LogP contribution in [0.2, 0.25) is 0 Å². The number of esters is 1. The first-order valence-corrected chi connectivity index (χ1v) is 5.60. The maximum absolute atomic E-state index is 11.9. The van der Waals surface area contributed by atoms with E-state index >= 15 is 0 Å². The van der Waals surface area contributed by atoms with Gasteiger partial charge in [0.1, 0.15) is 6.58 Å². The van der Waals surface area contributed by atoms with Crippen LogP contribution in [0.15, 0.2) is 54.6 Å². The molecule has 0 saturated carbocycles. The summed E-state index contributed by atoms with van der Waals surface area (Å²) < 4.78 is 12.8. The Morgan fingerprint density at radius 3 is 2.21 bits per heavy atom. The number of aromatic carboxylic acids is 1. The molecule has 0 bridgehead atoms. The van der Waals surface area contributed by atoms with Crippen molar-refractivity contribution >= 4 is 11.9 Å². The Labute approximate surface area is 111 Å². The molecular weight excluding hydrogens is 244 g/mol. The van der Waals surface area contributed by atoms with Gasteiger partial charge in [0.2, 0.25) is 0 Å². The summed E-state index contributed by atoms with van der Waals surface area (Å²) in [5.41, 5.74) is 0.319. The fourth-order valence-corrected chi connectivity index (χ4v) is 1.56. The molecule has 0 amide bonds. The van der Waals surface area contributed by atoms with E-state index in [9.17, 15) is 9.59 Å². The minimum atomic E-state index is -1.21. The number of ether oxygens (including phenoxy) is 1. The van der Waals surface area contributed by atoms with E-state index in [1.807, 2.05) is 0 Å². The molecule has 0 radical (unpaired) electrons. The summed E-state index contributed by atoms with van der Waals surface area (Å²) in [5, 5.41) is 9.01. The molecule has 1 atom stereocenters. The van der Waals surface area contributed by atoms with Gasteiger partial charge in [-0.2, -0.15) is 0 Å². The normalized spacial score (nSPS) is 12.3. The number of carbonyl (C=O) groups excluding carboxylic acids is 1. The lowest BCUT2D eigenvalue weighted by molar-refractivity contribution is 0.0463. The number of hydrogen-bond donors (Lipinski definition) is 1. The molecule has 4 heteroatoms. The van der Waals surface area contributed by atoms with Crippen molar-refractivity contribution in [2.24, 2.45) is 0 Å². The van der Waals surface area contributed by atoms with E-state index in [1.54, 1.807) is 36.4 Å². The van der Waals surface area contributed by atoms with Crippen molar-refractivity contribution in [3.63, 3.8) is 0 Å². The van der Waals surface area contributed by atoms with Crippen LogP contribution in [0, 0.1) is 0 Å². The van der Waals surface area contributed by atoms with Crippen molar-refractivity contribution in [1.29, 1.82) is 0 Å². The second-order valence-electron chi connectivity index (χ2n) is 3.78. The average Bonchev–Trinajstić information content (AvgIpc) is 2.48. The molecule has 0 heterocycles. The van der Waals surface area contributed by atoms with Gasteiger partial charge in [0.05, 0.1) is 12.5 Å². The Bertz CT molecular complexity index is 625. The number of carboxylic acids is 1. The van der Waals surface area contributed by atoms with Gasteiger partial charge in [0, 0.05) is 0 Å². The molecule has 2 aromatic rings. The minimum Gasteiger partial charge on any atom is -0.478 e. The van der Waals surface area contributed by atoms with Crippen molar-refractivity contribution < 1.29 is 20.8 Å². The molecule has 1 N–H and O–H groups in total. The fraction of sp³-hybridized carbons (Fsp3) is 0.0667. The summed E-state index contributed by atoms with van der Waals surface area (Å²) in [7, 11) is 0. The lowest BCUT2D eigenvalue weighted by atomic mass is 10.1. The van der Waals surface area contributed by atoms with E-state index in [0.717, 1.165) is 0 Å². The van der Waals surface area contributed by atoms with Crippen molar-refractivity contribution in [2.45, 2.75) is 6.58 Å². The third-order valence-electron chi connectivity index (χ3n) is 2.48. The molecule has 0 aliphatic heterocycles. The Kier molecular flexibility index (Phi) is 3.51. The quantitative estimate of drug-likeness (QED) is 0.855. The van der Waals surface area contributed by atoms with Gasteiger partial charge in [-0.25, -0.2) is 9.59 Å². The molecule has 4 nitrogen and oxygen atoms in total. The van der Waals surface area contributed by atoms with Gasteiger partial charge in [-0.05, 0) is 17.7 Å². The van der Waals surface area contributed by atoms with Crippen molar-refractivity contribution in [2.75, 3.05) is 0 Å². The summed E-state index contributed by atoms with van der Waals surface area (Å²) in [6.07, 6.45) is 0. The molecule has 19 heavy (non-hydrogen) atoms. The van der Waals surface area contributed by atoms with E-state index in [2.05, 4.69) is 0 Å². The van der Waals surface area contributed by atoms with Crippen molar-refractivity contribution in [3.05, 3.63) is 71.3 Å². The number of carboxylic acid groups (broad SMARTS) is 1. The predicted molar refractivity (Wildman–Crippen MR) is 69.0 cm³/mol. The first kappa shape index (κ1) is 11.5. The number of hydrogen-bond acceptors (Lipinski definition) is 3. The maximum Gasteiger partial charge on any atom is 0.339 e. The Morgan fingerprint density at radius 2 is 1.58 bits per heavy atom. The SMILES string of the molecule is [2H][C@@H](OC(=O)c1ccccc1C(=O)O)c1ccccc1. The predicted octanol–water partition coefficient (Wildman–Crippen LogP) is 2.74. The molecule has 2 aromatic carbocycles. The summed E-state index contributed by atoms with van der Waals surface area (Å²) >= 11 is 0. The first-order chi connectivity index (χ1) is 9.59. The molecule has 0 aliphatic rings. The lowest BCUT2D eigenvalue weighted by Gasteiger charge is -2.07. The fourth-order valence-electron chi connectivity index (χ4n) is 1.56. The highest BCUT2D eigenvalue weighted by Crippen LogP contribution is 2.11. The molecule has 0 aromatic heterocycles.